The molecule has 3 rings (SSSR count). The maximum atomic E-state index is 6.75. The van der Waals surface area contributed by atoms with Crippen LogP contribution in [0, 0.1) is 0 Å². The van der Waals surface area contributed by atoms with Gasteiger partial charge in [0.1, 0.15) is 6.10 Å². The molecule has 0 saturated heterocycles. The molecule has 39 heavy (non-hydrogen) atoms. The summed E-state index contributed by atoms with van der Waals surface area (Å²) in [5.74, 6) is 0. The third-order valence-electron chi connectivity index (χ3n) is 8.36. The fraction of sp³-hybridized carbons (Fsp3) is 0.657. The average Bonchev–Trinajstić information content (AvgIpc) is 3.32. The Kier molecular flexibility index (Phi) is 15.2. The summed E-state index contributed by atoms with van der Waals surface area (Å²) in [5, 5.41) is 0. The molecule has 1 aliphatic carbocycles. The molecule has 4 heteroatoms. The SMILES string of the molecule is CCCCCCCOC1C(OCc2ccccc2)CC(OCc2ccccc2)C1N(C)C(C)CCCCCC. The third kappa shape index (κ3) is 11.0. The first-order valence-electron chi connectivity index (χ1n) is 15.8. The molecule has 0 radical (unpaired) electrons. The second-order valence-electron chi connectivity index (χ2n) is 11.5. The molecule has 0 amide bonds. The van der Waals surface area contributed by atoms with Crippen molar-refractivity contribution in [3.05, 3.63) is 71.8 Å². The lowest BCUT2D eigenvalue weighted by Crippen LogP contribution is -2.51. The number of hydrogen-bond acceptors (Lipinski definition) is 4. The molecule has 0 N–H and O–H groups in total. The molecule has 5 unspecified atom stereocenters. The minimum absolute atomic E-state index is 0.00347. The van der Waals surface area contributed by atoms with Crippen LogP contribution in [0.25, 0.3) is 0 Å². The third-order valence-corrected chi connectivity index (χ3v) is 8.36. The van der Waals surface area contributed by atoms with E-state index in [9.17, 15) is 0 Å². The van der Waals surface area contributed by atoms with Gasteiger partial charge in [-0.15, -0.1) is 0 Å². The highest BCUT2D eigenvalue weighted by atomic mass is 16.6. The van der Waals surface area contributed by atoms with Gasteiger partial charge in [0.2, 0.25) is 0 Å². The van der Waals surface area contributed by atoms with E-state index in [4.69, 9.17) is 14.2 Å². The first-order valence-corrected chi connectivity index (χ1v) is 15.8. The molecule has 0 spiro atoms. The van der Waals surface area contributed by atoms with Crippen molar-refractivity contribution >= 4 is 0 Å². The number of rotatable bonds is 20. The predicted octanol–water partition coefficient (Wildman–Crippen LogP) is 8.58. The van der Waals surface area contributed by atoms with Crippen molar-refractivity contribution in [3.63, 3.8) is 0 Å². The van der Waals surface area contributed by atoms with Gasteiger partial charge in [0.05, 0.1) is 31.5 Å². The van der Waals surface area contributed by atoms with E-state index in [0.717, 1.165) is 19.4 Å². The number of benzene rings is 2. The van der Waals surface area contributed by atoms with Crippen LogP contribution in [-0.4, -0.2) is 49.0 Å². The monoisotopic (exact) mass is 537 g/mol. The van der Waals surface area contributed by atoms with Crippen LogP contribution >= 0.6 is 0 Å². The number of hydrogen-bond donors (Lipinski definition) is 0. The van der Waals surface area contributed by atoms with Gasteiger partial charge < -0.3 is 14.2 Å². The first kappa shape index (κ1) is 31.8. The van der Waals surface area contributed by atoms with E-state index >= 15 is 0 Å². The molecule has 2 aromatic rings. The molecule has 0 aromatic heterocycles. The molecular formula is C35H55NO3. The number of ether oxygens (including phenoxy) is 3. The Morgan fingerprint density at radius 2 is 1.23 bits per heavy atom. The van der Waals surface area contributed by atoms with Crippen molar-refractivity contribution in [3.8, 4) is 0 Å². The smallest absolute Gasteiger partial charge is 0.102 e. The fourth-order valence-electron chi connectivity index (χ4n) is 5.81. The number of nitrogens with zero attached hydrogens (tertiary/aromatic N) is 1. The molecule has 2 aromatic carbocycles. The van der Waals surface area contributed by atoms with Crippen LogP contribution < -0.4 is 0 Å². The van der Waals surface area contributed by atoms with E-state index < -0.39 is 0 Å². The van der Waals surface area contributed by atoms with Gasteiger partial charge in [-0.1, -0.05) is 126 Å². The normalized spacial score (nSPS) is 22.0. The molecule has 1 saturated carbocycles. The van der Waals surface area contributed by atoms with Gasteiger partial charge in [-0.2, -0.15) is 0 Å². The van der Waals surface area contributed by atoms with E-state index in [0.29, 0.717) is 19.3 Å². The van der Waals surface area contributed by atoms with Crippen LogP contribution in [0.3, 0.4) is 0 Å². The summed E-state index contributed by atoms with van der Waals surface area (Å²) >= 11 is 0. The topological polar surface area (TPSA) is 30.9 Å². The number of likely N-dealkylation sites (N-methyl/N-ethyl adjacent to an activating group) is 1. The van der Waals surface area contributed by atoms with Crippen LogP contribution in [-0.2, 0) is 27.4 Å². The summed E-state index contributed by atoms with van der Waals surface area (Å²) in [4.78, 5) is 2.55. The molecule has 5 atom stereocenters. The van der Waals surface area contributed by atoms with Crippen molar-refractivity contribution in [1.29, 1.82) is 0 Å². The van der Waals surface area contributed by atoms with Gasteiger partial charge >= 0.3 is 0 Å². The molecule has 0 aliphatic heterocycles. The highest BCUT2D eigenvalue weighted by Crippen LogP contribution is 2.34. The molecule has 218 valence electrons. The number of unbranched alkanes of at least 4 members (excludes halogenated alkanes) is 7. The van der Waals surface area contributed by atoms with Crippen molar-refractivity contribution in [1.82, 2.24) is 4.90 Å². The largest absolute Gasteiger partial charge is 0.374 e. The van der Waals surface area contributed by atoms with Crippen LogP contribution in [0.4, 0.5) is 0 Å². The van der Waals surface area contributed by atoms with E-state index in [1.165, 1.54) is 68.9 Å². The standard InChI is InChI=1S/C35H55NO3/c1-5-7-9-11-19-25-37-35-33(39-28-31-23-17-13-18-24-31)26-32(38-27-30-21-15-12-16-22-30)34(35)36(4)29(3)20-14-10-8-6-2/h12-13,15-18,21-24,29,32-35H,5-11,14,19-20,25-28H2,1-4H3. The predicted molar refractivity (Wildman–Crippen MR) is 163 cm³/mol. The van der Waals surface area contributed by atoms with Crippen molar-refractivity contribution in [2.45, 2.75) is 135 Å². The Morgan fingerprint density at radius 1 is 0.692 bits per heavy atom. The summed E-state index contributed by atoms with van der Waals surface area (Å²) in [6.07, 6.45) is 13.5. The van der Waals surface area contributed by atoms with E-state index in [-0.39, 0.29) is 24.4 Å². The van der Waals surface area contributed by atoms with Gasteiger partial charge in [0, 0.05) is 19.1 Å². The Bertz CT molecular complexity index is 861. The molecule has 0 bridgehead atoms. The average molecular weight is 538 g/mol. The maximum Gasteiger partial charge on any atom is 0.102 e. The molecule has 4 nitrogen and oxygen atoms in total. The lowest BCUT2D eigenvalue weighted by molar-refractivity contribution is -0.0951. The lowest BCUT2D eigenvalue weighted by atomic mass is 10.0. The maximum absolute atomic E-state index is 6.75. The summed E-state index contributed by atoms with van der Waals surface area (Å²) in [6, 6.07) is 21.7. The highest BCUT2D eigenvalue weighted by molar-refractivity contribution is 5.15. The second-order valence-corrected chi connectivity index (χ2v) is 11.5. The van der Waals surface area contributed by atoms with Gasteiger partial charge in [-0.25, -0.2) is 0 Å². The highest BCUT2D eigenvalue weighted by Gasteiger charge is 2.48. The zero-order chi connectivity index (χ0) is 27.7. The summed E-state index contributed by atoms with van der Waals surface area (Å²) in [5.41, 5.74) is 2.42. The minimum Gasteiger partial charge on any atom is -0.374 e. The zero-order valence-corrected chi connectivity index (χ0v) is 25.2. The Morgan fingerprint density at radius 3 is 1.82 bits per heavy atom. The lowest BCUT2D eigenvalue weighted by Gasteiger charge is -2.38. The molecule has 1 fully saturated rings. The van der Waals surface area contributed by atoms with E-state index in [1.54, 1.807) is 0 Å². The summed E-state index contributed by atoms with van der Waals surface area (Å²) in [6.45, 7) is 8.94. The van der Waals surface area contributed by atoms with Gasteiger partial charge in [0.15, 0.2) is 0 Å². The summed E-state index contributed by atoms with van der Waals surface area (Å²) in [7, 11) is 2.28. The fourth-order valence-corrected chi connectivity index (χ4v) is 5.81. The van der Waals surface area contributed by atoms with Gasteiger partial charge in [-0.05, 0) is 37.9 Å². The summed E-state index contributed by atoms with van der Waals surface area (Å²) < 4.78 is 20.1. The quantitative estimate of drug-likeness (QED) is 0.158. The molecular weight excluding hydrogens is 482 g/mol. The minimum atomic E-state index is 0.00347. The zero-order valence-electron chi connectivity index (χ0n) is 25.2. The van der Waals surface area contributed by atoms with E-state index in [2.05, 4.69) is 93.4 Å². The van der Waals surface area contributed by atoms with Crippen LogP contribution in [0.5, 0.6) is 0 Å². The van der Waals surface area contributed by atoms with Crippen LogP contribution in [0.1, 0.15) is 103 Å². The van der Waals surface area contributed by atoms with E-state index in [1.807, 2.05) is 0 Å². The van der Waals surface area contributed by atoms with Crippen molar-refractivity contribution in [2.24, 2.45) is 0 Å². The Labute approximate surface area is 239 Å². The van der Waals surface area contributed by atoms with Crippen molar-refractivity contribution < 1.29 is 14.2 Å². The van der Waals surface area contributed by atoms with Crippen LogP contribution in [0.2, 0.25) is 0 Å². The Balaban J connectivity index is 1.73. The van der Waals surface area contributed by atoms with Crippen molar-refractivity contribution in [2.75, 3.05) is 13.7 Å². The van der Waals surface area contributed by atoms with Gasteiger partial charge in [-0.3, -0.25) is 4.90 Å². The van der Waals surface area contributed by atoms with Crippen LogP contribution in [0.15, 0.2) is 60.7 Å². The molecule has 0 heterocycles. The second kappa shape index (κ2) is 18.6. The first-order chi connectivity index (χ1) is 19.1. The molecule has 1 aliphatic rings. The Hall–Kier alpha value is -1.72. The van der Waals surface area contributed by atoms with Gasteiger partial charge in [0.25, 0.3) is 0 Å².